The summed E-state index contributed by atoms with van der Waals surface area (Å²) in [6.07, 6.45) is 14.1. The van der Waals surface area contributed by atoms with Crippen molar-refractivity contribution in [2.24, 2.45) is 0 Å². The summed E-state index contributed by atoms with van der Waals surface area (Å²) in [5, 5.41) is 16.8. The van der Waals surface area contributed by atoms with Gasteiger partial charge >= 0.3 is 0 Å². The molecule has 2 saturated carbocycles. The predicted octanol–water partition coefficient (Wildman–Crippen LogP) is 16.6. The molecule has 2 fully saturated rings. The summed E-state index contributed by atoms with van der Waals surface area (Å²) in [4.78, 5) is 0. The van der Waals surface area contributed by atoms with Crippen LogP contribution in [0.1, 0.15) is 183 Å². The number of aliphatic hydroxyl groups is 2. The largest absolute Gasteiger partial charge is 0.454 e. The van der Waals surface area contributed by atoms with E-state index >= 15 is 8.78 Å². The smallest absolute Gasteiger partial charge is 0.284 e. The van der Waals surface area contributed by atoms with Crippen LogP contribution >= 0.6 is 0 Å². The summed E-state index contributed by atoms with van der Waals surface area (Å²) in [7, 11) is 1.00. The molecule has 2 aliphatic carbocycles. The SMILES string of the molecule is CC.CCCC(CC)c1cc(C2CCCCC2)cc(C2CCCCC2)c1OC(C)(F)C(C)(F)C(C)(O)F.CO.Cc1ccc(F)cc1.Cc1ccc(F)cc1.Cc1ccc(F)cc1. The lowest BCUT2D eigenvalue weighted by molar-refractivity contribution is -0.272. The van der Waals surface area contributed by atoms with Crippen molar-refractivity contribution in [1.82, 2.24) is 0 Å². The average molecular weight is 889 g/mol. The van der Waals surface area contributed by atoms with Crippen LogP contribution in [-0.4, -0.2) is 34.7 Å². The van der Waals surface area contributed by atoms with Crippen LogP contribution in [0.25, 0.3) is 0 Å². The molecule has 2 aliphatic rings. The fourth-order valence-electron chi connectivity index (χ4n) is 7.73. The maximum Gasteiger partial charge on any atom is 0.284 e. The first-order chi connectivity index (χ1) is 29.8. The lowest BCUT2D eigenvalue weighted by Crippen LogP contribution is -2.59. The summed E-state index contributed by atoms with van der Waals surface area (Å²) in [5.41, 5.74) is 3.19. The van der Waals surface area contributed by atoms with Gasteiger partial charge in [0.2, 0.25) is 11.5 Å². The highest BCUT2D eigenvalue weighted by atomic mass is 19.2. The molecule has 2 N–H and O–H groups in total. The molecule has 9 heteroatoms. The Hall–Kier alpha value is -3.82. The highest BCUT2D eigenvalue weighted by Crippen LogP contribution is 2.49. The third-order valence-electron chi connectivity index (χ3n) is 11.9. The van der Waals surface area contributed by atoms with E-state index in [1.165, 1.54) is 67.6 Å². The Morgan fingerprint density at radius 1 is 0.603 bits per heavy atom. The van der Waals surface area contributed by atoms with Crippen LogP contribution in [0.5, 0.6) is 5.75 Å². The van der Waals surface area contributed by atoms with E-state index < -0.39 is 17.4 Å². The molecular formula is C54H78F6O3. The Kier molecular flexibility index (Phi) is 26.2. The van der Waals surface area contributed by atoms with Crippen molar-refractivity contribution in [2.75, 3.05) is 7.11 Å². The first-order valence-electron chi connectivity index (χ1n) is 23.1. The zero-order valence-corrected chi connectivity index (χ0v) is 40.1. The minimum Gasteiger partial charge on any atom is -0.454 e. The minimum atomic E-state index is -3.39. The van der Waals surface area contributed by atoms with E-state index in [1.54, 1.807) is 36.4 Å². The molecule has 0 aromatic heterocycles. The molecule has 4 aromatic rings. The van der Waals surface area contributed by atoms with Crippen LogP contribution in [-0.2, 0) is 0 Å². The van der Waals surface area contributed by atoms with E-state index in [1.807, 2.05) is 34.6 Å². The molecule has 3 nitrogen and oxygen atoms in total. The predicted molar refractivity (Wildman–Crippen MR) is 250 cm³/mol. The molecule has 354 valence electrons. The van der Waals surface area contributed by atoms with E-state index in [2.05, 4.69) is 26.0 Å². The molecule has 0 aliphatic heterocycles. The second kappa shape index (κ2) is 28.9. The second-order valence-corrected chi connectivity index (χ2v) is 17.0. The fraction of sp³-hybridized carbons (Fsp3) is 0.556. The average Bonchev–Trinajstić information content (AvgIpc) is 3.28. The van der Waals surface area contributed by atoms with Gasteiger partial charge < -0.3 is 14.9 Å². The number of benzene rings is 4. The van der Waals surface area contributed by atoms with Crippen LogP contribution in [0.15, 0.2) is 84.9 Å². The fourth-order valence-corrected chi connectivity index (χ4v) is 7.73. The van der Waals surface area contributed by atoms with Crippen molar-refractivity contribution >= 4 is 0 Å². The maximum absolute atomic E-state index is 16.0. The van der Waals surface area contributed by atoms with E-state index in [-0.39, 0.29) is 29.3 Å². The van der Waals surface area contributed by atoms with Crippen LogP contribution < -0.4 is 4.74 Å². The van der Waals surface area contributed by atoms with Crippen molar-refractivity contribution in [3.63, 3.8) is 0 Å². The van der Waals surface area contributed by atoms with Gasteiger partial charge in [-0.3, -0.25) is 0 Å². The third kappa shape index (κ3) is 19.0. The number of alkyl halides is 3. The Morgan fingerprint density at radius 3 is 1.29 bits per heavy atom. The van der Waals surface area contributed by atoms with Crippen molar-refractivity contribution in [2.45, 2.75) is 188 Å². The number of ether oxygens (including phenoxy) is 1. The van der Waals surface area contributed by atoms with Gasteiger partial charge in [0.15, 0.2) is 0 Å². The van der Waals surface area contributed by atoms with Gasteiger partial charge in [0.1, 0.15) is 23.2 Å². The monoisotopic (exact) mass is 889 g/mol. The van der Waals surface area contributed by atoms with Gasteiger partial charge in [-0.1, -0.05) is 138 Å². The first-order valence-corrected chi connectivity index (χ1v) is 23.1. The van der Waals surface area contributed by atoms with Crippen molar-refractivity contribution in [3.05, 3.63) is 136 Å². The normalized spacial score (nSPS) is 17.2. The van der Waals surface area contributed by atoms with Crippen molar-refractivity contribution < 1.29 is 41.3 Å². The van der Waals surface area contributed by atoms with Gasteiger partial charge in [0, 0.05) is 14.0 Å². The number of halogens is 6. The quantitative estimate of drug-likeness (QED) is 0.156. The van der Waals surface area contributed by atoms with E-state index in [9.17, 15) is 22.7 Å². The van der Waals surface area contributed by atoms with Crippen LogP contribution in [0.4, 0.5) is 26.3 Å². The lowest BCUT2D eigenvalue weighted by Gasteiger charge is -2.40. The van der Waals surface area contributed by atoms with Gasteiger partial charge in [-0.25, -0.2) is 22.0 Å². The summed E-state index contributed by atoms with van der Waals surface area (Å²) in [5.74, 6) is -5.73. The van der Waals surface area contributed by atoms with E-state index in [0.717, 1.165) is 107 Å². The molecule has 0 bridgehead atoms. The van der Waals surface area contributed by atoms with E-state index in [0.29, 0.717) is 18.6 Å². The third-order valence-corrected chi connectivity index (χ3v) is 11.9. The van der Waals surface area contributed by atoms with Crippen LogP contribution in [0.3, 0.4) is 0 Å². The van der Waals surface area contributed by atoms with Gasteiger partial charge in [0.05, 0.1) is 0 Å². The molecule has 4 aromatic carbocycles. The summed E-state index contributed by atoms with van der Waals surface area (Å²) < 4.78 is 88.1. The Labute approximate surface area is 376 Å². The van der Waals surface area contributed by atoms with Gasteiger partial charge in [-0.05, 0) is 144 Å². The molecule has 0 spiro atoms. The zero-order chi connectivity index (χ0) is 47.8. The van der Waals surface area contributed by atoms with E-state index in [4.69, 9.17) is 9.84 Å². The number of rotatable bonds is 10. The standard InChI is InChI=1S/C30H47F3O2.3C7H7F.C2H6.CH4O/c1-6-14-21(7-2)25-19-24(22-15-10-8-11-16-22)20-26(23-17-12-9-13-18-23)27(25)35-30(5,33)28(3,31)29(4,32)34;3*1-6-2-4-7(8)5-3-6;2*1-2/h19-23,34H,6-18H2,1-5H3;3*2-5H,1H3;1-2H3;2H,1H3. The zero-order valence-electron chi connectivity index (χ0n) is 40.1. The Morgan fingerprint density at radius 2 is 0.968 bits per heavy atom. The topological polar surface area (TPSA) is 49.7 Å². The van der Waals surface area contributed by atoms with Gasteiger partial charge in [-0.2, -0.15) is 4.39 Å². The summed E-state index contributed by atoms with van der Waals surface area (Å²) in [6, 6.07) is 23.6. The van der Waals surface area contributed by atoms with Crippen LogP contribution in [0, 0.1) is 38.2 Å². The van der Waals surface area contributed by atoms with Gasteiger partial charge in [0.25, 0.3) is 5.85 Å². The molecule has 0 amide bonds. The summed E-state index contributed by atoms with van der Waals surface area (Å²) in [6.45, 7) is 16.3. The van der Waals surface area contributed by atoms with Crippen molar-refractivity contribution in [3.8, 4) is 5.75 Å². The highest BCUT2D eigenvalue weighted by Gasteiger charge is 2.61. The molecule has 0 heterocycles. The molecule has 0 radical (unpaired) electrons. The number of aliphatic hydroxyl groups excluding tert-OH is 1. The number of hydrogen-bond acceptors (Lipinski definition) is 3. The molecule has 63 heavy (non-hydrogen) atoms. The Bertz CT molecular complexity index is 1600. The van der Waals surface area contributed by atoms with Gasteiger partial charge in [-0.15, -0.1) is 0 Å². The van der Waals surface area contributed by atoms with Crippen LogP contribution in [0.2, 0.25) is 0 Å². The second-order valence-electron chi connectivity index (χ2n) is 17.0. The molecule has 0 saturated heterocycles. The van der Waals surface area contributed by atoms with Crippen molar-refractivity contribution in [1.29, 1.82) is 0 Å². The lowest BCUT2D eigenvalue weighted by atomic mass is 9.76. The maximum atomic E-state index is 16.0. The first kappa shape index (κ1) is 57.2. The number of hydrogen-bond donors (Lipinski definition) is 2. The summed E-state index contributed by atoms with van der Waals surface area (Å²) >= 11 is 0. The number of aryl methyl sites for hydroxylation is 3. The highest BCUT2D eigenvalue weighted by molar-refractivity contribution is 5.50. The molecular weight excluding hydrogens is 811 g/mol. The minimum absolute atomic E-state index is 0.147. The molecule has 6 rings (SSSR count). The Balaban J connectivity index is 0.000000564. The molecule has 4 atom stereocenters. The molecule has 4 unspecified atom stereocenters.